The number of rotatable bonds is 5. The van der Waals surface area contributed by atoms with Gasteiger partial charge in [0.25, 0.3) is 11.8 Å². The van der Waals surface area contributed by atoms with Crippen LogP contribution in [0.3, 0.4) is 0 Å². The van der Waals surface area contributed by atoms with Crippen molar-refractivity contribution in [3.05, 3.63) is 69.6 Å². The first kappa shape index (κ1) is 18.8. The van der Waals surface area contributed by atoms with Gasteiger partial charge in [-0.3, -0.25) is 14.3 Å². The van der Waals surface area contributed by atoms with Crippen molar-refractivity contribution in [1.29, 1.82) is 0 Å². The molecule has 0 saturated carbocycles. The maximum atomic E-state index is 13.0. The number of benzene rings is 1. The highest BCUT2D eigenvalue weighted by molar-refractivity contribution is 7.09. The van der Waals surface area contributed by atoms with E-state index in [-0.39, 0.29) is 11.6 Å². The molecule has 4 rings (SSSR count). The fourth-order valence-electron chi connectivity index (χ4n) is 3.04. The number of nitrogens with zero attached hydrogens (tertiary/aromatic N) is 4. The van der Waals surface area contributed by atoms with Crippen molar-refractivity contribution in [3.8, 4) is 0 Å². The molecule has 8 nitrogen and oxygen atoms in total. The Bertz CT molecular complexity index is 1240. The summed E-state index contributed by atoms with van der Waals surface area (Å²) < 4.78 is 1.78. The number of aryl methyl sites for hydroxylation is 1. The molecular formula is C20H18N6O2S. The molecule has 0 fully saturated rings. The molecule has 9 heteroatoms. The quantitative estimate of drug-likeness (QED) is 0.529. The van der Waals surface area contributed by atoms with E-state index in [4.69, 9.17) is 5.73 Å². The number of aromatic nitrogens is 4. The van der Waals surface area contributed by atoms with Crippen molar-refractivity contribution in [2.75, 3.05) is 5.32 Å². The summed E-state index contributed by atoms with van der Waals surface area (Å²) >= 11 is 1.58. The normalized spacial score (nSPS) is 11.0. The number of carbonyl (C=O) groups is 2. The van der Waals surface area contributed by atoms with Gasteiger partial charge >= 0.3 is 0 Å². The predicted molar refractivity (Wildman–Crippen MR) is 111 cm³/mol. The van der Waals surface area contributed by atoms with Gasteiger partial charge in [0, 0.05) is 10.8 Å². The fourth-order valence-corrected chi connectivity index (χ4v) is 3.65. The minimum atomic E-state index is -0.688. The van der Waals surface area contributed by atoms with E-state index < -0.39 is 5.91 Å². The van der Waals surface area contributed by atoms with Crippen molar-refractivity contribution in [1.82, 2.24) is 19.7 Å². The topological polar surface area (TPSA) is 116 Å². The Morgan fingerprint density at radius 3 is 2.72 bits per heavy atom. The highest BCUT2D eigenvalue weighted by atomic mass is 32.1. The molecule has 0 bridgehead atoms. The van der Waals surface area contributed by atoms with Crippen LogP contribution in [0.5, 0.6) is 0 Å². The van der Waals surface area contributed by atoms with E-state index >= 15 is 0 Å². The third-order valence-electron chi connectivity index (χ3n) is 4.54. The molecule has 0 aliphatic heterocycles. The Morgan fingerprint density at radius 2 is 2.00 bits per heavy atom. The van der Waals surface area contributed by atoms with Gasteiger partial charge in [0.05, 0.1) is 45.9 Å². The number of fused-ring (bicyclic) bond motifs is 1. The molecule has 4 aromatic rings. The lowest BCUT2D eigenvalue weighted by atomic mass is 10.1. The van der Waals surface area contributed by atoms with Gasteiger partial charge in [0.2, 0.25) is 0 Å². The molecule has 0 aliphatic rings. The fraction of sp³-hybridized carbons (Fsp3) is 0.150. The summed E-state index contributed by atoms with van der Waals surface area (Å²) in [6.07, 6.45) is 1.60. The van der Waals surface area contributed by atoms with Crippen LogP contribution in [-0.4, -0.2) is 31.6 Å². The van der Waals surface area contributed by atoms with Gasteiger partial charge in [-0.25, -0.2) is 9.97 Å². The Morgan fingerprint density at radius 1 is 1.21 bits per heavy atom. The molecule has 0 aliphatic carbocycles. The number of carbonyl (C=O) groups excluding carboxylic acids is 2. The van der Waals surface area contributed by atoms with Crippen molar-refractivity contribution in [3.63, 3.8) is 0 Å². The zero-order valence-corrected chi connectivity index (χ0v) is 16.7. The van der Waals surface area contributed by atoms with Crippen LogP contribution in [0.25, 0.3) is 10.9 Å². The summed E-state index contributed by atoms with van der Waals surface area (Å²) in [6.45, 7) is 4.35. The number of pyridine rings is 1. The average Bonchev–Trinajstić information content (AvgIpc) is 3.27. The summed E-state index contributed by atoms with van der Waals surface area (Å²) in [5.74, 6) is -1.05. The van der Waals surface area contributed by atoms with E-state index in [1.807, 2.05) is 25.3 Å². The Hall–Kier alpha value is -3.59. The monoisotopic (exact) mass is 406 g/mol. The molecule has 3 heterocycles. The van der Waals surface area contributed by atoms with Crippen molar-refractivity contribution in [2.24, 2.45) is 5.73 Å². The summed E-state index contributed by atoms with van der Waals surface area (Å²) in [6, 6.07) is 8.53. The van der Waals surface area contributed by atoms with Gasteiger partial charge in [-0.1, -0.05) is 18.2 Å². The number of nitrogens with two attached hydrogens (primary N) is 1. The van der Waals surface area contributed by atoms with E-state index in [1.54, 1.807) is 40.4 Å². The van der Waals surface area contributed by atoms with E-state index in [2.05, 4.69) is 20.4 Å². The summed E-state index contributed by atoms with van der Waals surface area (Å²) in [5, 5.41) is 10.9. The van der Waals surface area contributed by atoms with Crippen LogP contribution in [0.15, 0.2) is 41.9 Å². The van der Waals surface area contributed by atoms with E-state index in [0.717, 1.165) is 16.4 Å². The standard InChI is InChI=1S/C20H18N6O2S/c1-11-18(8-22-26(11)9-13-10-29-12(2)23-13)25-20(28)15-7-17(19(21)27)24-16-6-4-3-5-14(15)16/h3-8,10H,9H2,1-2H3,(H2,21,27)(H,25,28). The number of hydrogen-bond donors (Lipinski definition) is 2. The lowest BCUT2D eigenvalue weighted by Gasteiger charge is -2.09. The van der Waals surface area contributed by atoms with Crippen LogP contribution in [0.1, 0.15) is 37.2 Å². The maximum Gasteiger partial charge on any atom is 0.267 e. The Kier molecular flexibility index (Phi) is 4.81. The van der Waals surface area contributed by atoms with Crippen LogP contribution in [0.2, 0.25) is 0 Å². The molecular weight excluding hydrogens is 388 g/mol. The SMILES string of the molecule is Cc1nc(Cn2ncc(NC(=O)c3cc(C(N)=O)nc4ccccc34)c2C)cs1. The van der Waals surface area contributed by atoms with Crippen LogP contribution in [0.4, 0.5) is 5.69 Å². The van der Waals surface area contributed by atoms with Crippen LogP contribution < -0.4 is 11.1 Å². The van der Waals surface area contributed by atoms with Crippen molar-refractivity contribution in [2.45, 2.75) is 20.4 Å². The van der Waals surface area contributed by atoms with E-state index in [0.29, 0.717) is 28.7 Å². The molecule has 146 valence electrons. The third kappa shape index (κ3) is 3.72. The van der Waals surface area contributed by atoms with E-state index in [1.165, 1.54) is 6.07 Å². The molecule has 0 atom stereocenters. The highest BCUT2D eigenvalue weighted by Crippen LogP contribution is 2.22. The van der Waals surface area contributed by atoms with E-state index in [9.17, 15) is 9.59 Å². The molecule has 3 N–H and O–H groups in total. The van der Waals surface area contributed by atoms with Crippen molar-refractivity contribution < 1.29 is 9.59 Å². The minimum absolute atomic E-state index is 0.0418. The first-order chi connectivity index (χ1) is 13.9. The number of amides is 2. The number of primary amides is 1. The lowest BCUT2D eigenvalue weighted by Crippen LogP contribution is -2.18. The summed E-state index contributed by atoms with van der Waals surface area (Å²) in [5.41, 5.74) is 8.58. The van der Waals surface area contributed by atoms with Crippen LogP contribution in [-0.2, 0) is 6.54 Å². The van der Waals surface area contributed by atoms with Gasteiger partial charge in [0.15, 0.2) is 0 Å². The Labute approximate surface area is 170 Å². The van der Waals surface area contributed by atoms with Crippen LogP contribution >= 0.6 is 11.3 Å². The molecule has 0 saturated heterocycles. The molecule has 1 aromatic carbocycles. The second-order valence-corrected chi connectivity index (χ2v) is 7.61. The van der Waals surface area contributed by atoms with Gasteiger partial charge in [-0.05, 0) is 26.0 Å². The summed E-state index contributed by atoms with van der Waals surface area (Å²) in [7, 11) is 0. The molecule has 0 spiro atoms. The zero-order chi connectivity index (χ0) is 20.5. The summed E-state index contributed by atoms with van der Waals surface area (Å²) in [4.78, 5) is 33.3. The second kappa shape index (κ2) is 7.44. The number of nitrogens with one attached hydrogen (secondary N) is 1. The first-order valence-corrected chi connectivity index (χ1v) is 9.74. The van der Waals surface area contributed by atoms with Gasteiger partial charge < -0.3 is 11.1 Å². The smallest absolute Gasteiger partial charge is 0.267 e. The molecule has 29 heavy (non-hydrogen) atoms. The zero-order valence-electron chi connectivity index (χ0n) is 15.8. The number of anilines is 1. The third-order valence-corrected chi connectivity index (χ3v) is 5.37. The molecule has 2 amide bonds. The predicted octanol–water partition coefficient (Wildman–Crippen LogP) is 2.90. The van der Waals surface area contributed by atoms with Gasteiger partial charge in [-0.2, -0.15) is 5.10 Å². The number of hydrogen-bond acceptors (Lipinski definition) is 6. The van der Waals surface area contributed by atoms with Crippen LogP contribution in [0, 0.1) is 13.8 Å². The largest absolute Gasteiger partial charge is 0.364 e. The lowest BCUT2D eigenvalue weighted by molar-refractivity contribution is 0.0996. The highest BCUT2D eigenvalue weighted by Gasteiger charge is 2.17. The molecule has 0 unspecified atom stereocenters. The minimum Gasteiger partial charge on any atom is -0.364 e. The average molecular weight is 406 g/mol. The number of para-hydroxylation sites is 1. The van der Waals surface area contributed by atoms with Gasteiger partial charge in [0.1, 0.15) is 5.69 Å². The van der Waals surface area contributed by atoms with Crippen molar-refractivity contribution >= 4 is 39.7 Å². The molecule has 3 aromatic heterocycles. The number of thiazole rings is 1. The molecule has 0 radical (unpaired) electrons. The first-order valence-electron chi connectivity index (χ1n) is 8.86. The maximum absolute atomic E-state index is 13.0. The second-order valence-electron chi connectivity index (χ2n) is 6.55. The van der Waals surface area contributed by atoms with Gasteiger partial charge in [-0.15, -0.1) is 11.3 Å². The Balaban J connectivity index is 1.64.